The molecule has 0 aliphatic heterocycles. The van der Waals surface area contributed by atoms with E-state index in [4.69, 9.17) is 0 Å². The van der Waals surface area contributed by atoms with Gasteiger partial charge in [-0.2, -0.15) is 5.10 Å². The maximum Gasteiger partial charge on any atom is 0.195 e. The molecule has 0 aliphatic carbocycles. The summed E-state index contributed by atoms with van der Waals surface area (Å²) < 4.78 is 17.5. The van der Waals surface area contributed by atoms with Gasteiger partial charge in [0.15, 0.2) is 5.43 Å². The number of para-hydroxylation sites is 2. The maximum atomic E-state index is 13.5. The number of fused-ring (bicyclic) bond motifs is 3. The van der Waals surface area contributed by atoms with Crippen LogP contribution in [0, 0.1) is 0 Å². The van der Waals surface area contributed by atoms with Gasteiger partial charge in [0.25, 0.3) is 0 Å². The van der Waals surface area contributed by atoms with Crippen molar-refractivity contribution in [3.8, 4) is 11.1 Å². The molecule has 0 spiro atoms. The van der Waals surface area contributed by atoms with Crippen LogP contribution in [0.4, 0.5) is 0 Å². The second kappa shape index (κ2) is 9.10. The van der Waals surface area contributed by atoms with E-state index in [0.717, 1.165) is 38.9 Å². The molecule has 0 radical (unpaired) electrons. The molecular weight excluding hydrogens is 472 g/mol. The lowest BCUT2D eigenvalue weighted by Gasteiger charge is -2.04. The molecule has 178 valence electrons. The molecule has 3 heterocycles. The zero-order valence-electron chi connectivity index (χ0n) is 19.4. The molecule has 0 fully saturated rings. The molecule has 1 atom stereocenters. The highest BCUT2D eigenvalue weighted by atomic mass is 32.2. The molecule has 2 N–H and O–H groups in total. The zero-order valence-corrected chi connectivity index (χ0v) is 20.2. The molecule has 0 saturated heterocycles. The van der Waals surface area contributed by atoms with Gasteiger partial charge in [-0.25, -0.2) is 13.9 Å². The van der Waals surface area contributed by atoms with Crippen molar-refractivity contribution in [2.24, 2.45) is 7.05 Å². The Hall–Kier alpha value is -4.21. The van der Waals surface area contributed by atoms with E-state index >= 15 is 0 Å². The van der Waals surface area contributed by atoms with Gasteiger partial charge in [0.2, 0.25) is 0 Å². The largest absolute Gasteiger partial charge is 0.341 e. The summed E-state index contributed by atoms with van der Waals surface area (Å²) in [5, 5.41) is 6.13. The summed E-state index contributed by atoms with van der Waals surface area (Å²) in [5.41, 5.74) is 4.88. The maximum absolute atomic E-state index is 13.5. The molecule has 0 saturated carbocycles. The van der Waals surface area contributed by atoms with Crippen LogP contribution in [-0.4, -0.2) is 28.9 Å². The van der Waals surface area contributed by atoms with E-state index in [-0.39, 0.29) is 11.2 Å². The number of nitrogens with zero attached hydrogens (tertiary/aromatic N) is 4. The van der Waals surface area contributed by atoms with Gasteiger partial charge >= 0.3 is 0 Å². The van der Waals surface area contributed by atoms with Gasteiger partial charge in [0.1, 0.15) is 5.82 Å². The van der Waals surface area contributed by atoms with E-state index in [0.29, 0.717) is 22.8 Å². The number of pyridine rings is 1. The van der Waals surface area contributed by atoms with Crippen LogP contribution in [-0.2, 0) is 30.3 Å². The lowest BCUT2D eigenvalue weighted by Crippen LogP contribution is -2.19. The third-order valence-corrected chi connectivity index (χ3v) is 7.18. The monoisotopic (exact) mass is 494 g/mol. The topological polar surface area (TPSA) is 106 Å². The lowest BCUT2D eigenvalue weighted by atomic mass is 10.1. The number of rotatable bonds is 6. The summed E-state index contributed by atoms with van der Waals surface area (Å²) in [7, 11) is 0.507. The molecular formula is C27H22N6O2S. The van der Waals surface area contributed by atoms with Gasteiger partial charge in [0, 0.05) is 41.3 Å². The van der Waals surface area contributed by atoms with Gasteiger partial charge in [0.05, 0.1) is 46.0 Å². The molecule has 6 rings (SSSR count). The Bertz CT molecular complexity index is 1810. The van der Waals surface area contributed by atoms with Crippen molar-refractivity contribution in [2.75, 3.05) is 0 Å². The fourth-order valence-corrected chi connectivity index (χ4v) is 5.19. The van der Waals surface area contributed by atoms with E-state index in [1.165, 1.54) is 0 Å². The highest BCUT2D eigenvalue weighted by Crippen LogP contribution is 2.22. The fourth-order valence-electron chi connectivity index (χ4n) is 4.31. The quantitative estimate of drug-likeness (QED) is 0.364. The Morgan fingerprint density at radius 1 is 0.972 bits per heavy atom. The van der Waals surface area contributed by atoms with Crippen LogP contribution in [0.3, 0.4) is 0 Å². The molecule has 8 nitrogen and oxygen atoms in total. The molecule has 0 bridgehead atoms. The number of hydrogen-bond acceptors (Lipinski definition) is 5. The third-order valence-electron chi connectivity index (χ3n) is 6.12. The molecule has 36 heavy (non-hydrogen) atoms. The van der Waals surface area contributed by atoms with E-state index in [9.17, 15) is 9.00 Å². The summed E-state index contributed by atoms with van der Waals surface area (Å²) in [4.78, 5) is 25.8. The van der Waals surface area contributed by atoms with Crippen molar-refractivity contribution < 1.29 is 4.21 Å². The summed E-state index contributed by atoms with van der Waals surface area (Å²) in [6, 6.07) is 19.0. The highest BCUT2D eigenvalue weighted by molar-refractivity contribution is 7.82. The van der Waals surface area contributed by atoms with Crippen molar-refractivity contribution in [3.63, 3.8) is 0 Å². The van der Waals surface area contributed by atoms with Crippen LogP contribution in [0.5, 0.6) is 0 Å². The van der Waals surface area contributed by atoms with Crippen LogP contribution in [0.15, 0.2) is 84.0 Å². The predicted molar refractivity (Wildman–Crippen MR) is 143 cm³/mol. The SMILES string of the molecule is Cn1cc(-c2cnc3ccc4ccc(CS(=O)NCc5nc6ccccc6[nH]5)cc4c(=O)c3c2)cn1. The number of aromatic nitrogens is 5. The van der Waals surface area contributed by atoms with Crippen molar-refractivity contribution in [1.29, 1.82) is 0 Å². The van der Waals surface area contributed by atoms with E-state index < -0.39 is 11.0 Å². The van der Waals surface area contributed by atoms with Crippen LogP contribution in [0.2, 0.25) is 0 Å². The van der Waals surface area contributed by atoms with Gasteiger partial charge in [-0.05, 0) is 41.3 Å². The minimum Gasteiger partial charge on any atom is -0.341 e. The summed E-state index contributed by atoms with van der Waals surface area (Å²) in [6.07, 6.45) is 5.39. The number of hydrogen-bond donors (Lipinski definition) is 2. The molecule has 0 aliphatic rings. The lowest BCUT2D eigenvalue weighted by molar-refractivity contribution is 0.669. The number of aromatic amines is 1. The van der Waals surface area contributed by atoms with Crippen molar-refractivity contribution in [3.05, 3.63) is 101 Å². The van der Waals surface area contributed by atoms with Crippen LogP contribution in [0.1, 0.15) is 11.4 Å². The second-order valence-electron chi connectivity index (χ2n) is 8.66. The Morgan fingerprint density at radius 3 is 2.67 bits per heavy atom. The minimum atomic E-state index is -1.34. The predicted octanol–water partition coefficient (Wildman–Crippen LogP) is 3.98. The average Bonchev–Trinajstić information content (AvgIpc) is 3.49. The molecule has 1 unspecified atom stereocenters. The molecule has 9 heteroatoms. The smallest absolute Gasteiger partial charge is 0.195 e. The number of imidazole rings is 1. The first-order valence-corrected chi connectivity index (χ1v) is 12.8. The number of aryl methyl sites for hydroxylation is 1. The first kappa shape index (κ1) is 22.3. The molecule has 0 amide bonds. The Morgan fingerprint density at radius 2 is 1.83 bits per heavy atom. The Labute approximate surface area is 208 Å². The fraction of sp³-hybridized carbons (Fsp3) is 0.111. The molecule has 3 aromatic carbocycles. The Kier molecular flexibility index (Phi) is 5.63. The van der Waals surface area contributed by atoms with Crippen LogP contribution in [0.25, 0.3) is 43.8 Å². The average molecular weight is 495 g/mol. The zero-order chi connectivity index (χ0) is 24.6. The molecule has 3 aromatic heterocycles. The number of H-pyrrole nitrogens is 1. The van der Waals surface area contributed by atoms with Crippen LogP contribution < -0.4 is 10.2 Å². The van der Waals surface area contributed by atoms with Crippen molar-refractivity contribution >= 4 is 43.7 Å². The normalized spacial score (nSPS) is 12.5. The van der Waals surface area contributed by atoms with Gasteiger partial charge < -0.3 is 4.98 Å². The van der Waals surface area contributed by atoms with Crippen LogP contribution >= 0.6 is 0 Å². The van der Waals surface area contributed by atoms with E-state index in [1.54, 1.807) is 17.1 Å². The van der Waals surface area contributed by atoms with Crippen molar-refractivity contribution in [2.45, 2.75) is 12.3 Å². The van der Waals surface area contributed by atoms with Gasteiger partial charge in [-0.1, -0.05) is 30.3 Å². The first-order valence-electron chi connectivity index (χ1n) is 11.4. The minimum absolute atomic E-state index is 0.105. The van der Waals surface area contributed by atoms with Gasteiger partial charge in [-0.15, -0.1) is 0 Å². The standard InChI is InChI=1S/C27H22N6O2S/c1-33-15-20(13-29-33)19-11-22-23(28-12-19)9-8-18-7-6-17(10-21(18)27(22)34)16-36(35)30-14-26-31-24-4-2-3-5-25(24)32-26/h2-13,15,30H,14,16H2,1H3,(H,31,32). The first-order chi connectivity index (χ1) is 17.5. The Balaban J connectivity index is 1.28. The summed E-state index contributed by atoms with van der Waals surface area (Å²) in [6.45, 7) is 0.351. The third kappa shape index (κ3) is 4.30. The van der Waals surface area contributed by atoms with Gasteiger partial charge in [-0.3, -0.25) is 14.5 Å². The van der Waals surface area contributed by atoms with E-state index in [1.807, 2.05) is 73.9 Å². The number of nitrogens with one attached hydrogen (secondary N) is 2. The summed E-state index contributed by atoms with van der Waals surface area (Å²) >= 11 is 0. The summed E-state index contributed by atoms with van der Waals surface area (Å²) in [5.74, 6) is 0.992. The van der Waals surface area contributed by atoms with E-state index in [2.05, 4.69) is 24.8 Å². The number of benzene rings is 2. The second-order valence-corrected chi connectivity index (χ2v) is 9.92. The molecule has 6 aromatic rings. The van der Waals surface area contributed by atoms with Crippen molar-refractivity contribution in [1.82, 2.24) is 29.5 Å². The highest BCUT2D eigenvalue weighted by Gasteiger charge is 2.10.